The monoisotopic (exact) mass is 428 g/mol. The van der Waals surface area contributed by atoms with Crippen molar-refractivity contribution < 1.29 is 27.5 Å². The van der Waals surface area contributed by atoms with Crippen molar-refractivity contribution in [3.05, 3.63) is 59.2 Å². The molecule has 2 amide bonds. The first-order valence-electron chi connectivity index (χ1n) is 9.97. The number of urea groups is 1. The summed E-state index contributed by atoms with van der Waals surface area (Å²) in [5.74, 6) is -0.272. The Labute approximate surface area is 179 Å². The molecule has 9 heteroatoms. The highest BCUT2D eigenvalue weighted by Crippen LogP contribution is 2.45. The first-order valence-corrected chi connectivity index (χ1v) is 9.97. The van der Waals surface area contributed by atoms with Crippen molar-refractivity contribution in [2.75, 3.05) is 13.1 Å². The highest BCUT2D eigenvalue weighted by atomic mass is 19.4. The van der Waals surface area contributed by atoms with Gasteiger partial charge in [-0.1, -0.05) is 41.9 Å². The van der Waals surface area contributed by atoms with Gasteiger partial charge in [-0.05, 0) is 24.5 Å². The topological polar surface area (TPSA) is 58.6 Å². The van der Waals surface area contributed by atoms with Crippen LogP contribution in [0.5, 0.6) is 5.75 Å². The van der Waals surface area contributed by atoms with E-state index in [1.165, 1.54) is 18.2 Å². The zero-order valence-corrected chi connectivity index (χ0v) is 16.7. The number of carbonyl (C=O) groups is 2. The number of halogens is 3. The van der Waals surface area contributed by atoms with Crippen molar-refractivity contribution in [3.8, 4) is 5.75 Å². The van der Waals surface area contributed by atoms with Crippen LogP contribution in [-0.2, 0) is 12.0 Å². The molecular weight excluding hydrogens is 408 g/mol. The summed E-state index contributed by atoms with van der Waals surface area (Å²) < 4.78 is 41.7. The van der Waals surface area contributed by atoms with Crippen LogP contribution in [0, 0.1) is 0 Å². The average Bonchev–Trinajstić information content (AvgIpc) is 2.99. The average molecular weight is 428 g/mol. The molecule has 2 aliphatic rings. The first kappa shape index (κ1) is 21.3. The van der Waals surface area contributed by atoms with Crippen molar-refractivity contribution >= 4 is 25.1 Å². The number of Topliss-reactive ketones (excluding diaryl/α,β-unsaturated/α-hetero) is 1. The van der Waals surface area contributed by atoms with Crippen LogP contribution in [0.2, 0.25) is 0 Å². The van der Waals surface area contributed by atoms with E-state index in [9.17, 15) is 22.8 Å². The number of piperidine rings is 1. The standard InChI is InChI=1S/C22H20BF3N2O3/c23-16-6-3-5-15-17(29)12-21(19(15)16)8-10-28(11-9-21)20(30)27-13-14-4-1-2-7-18(14)31-22(24,25)26/h1-7H,8-13H2,(H,27,30). The Balaban J connectivity index is 1.39. The Morgan fingerprint density at radius 3 is 2.55 bits per heavy atom. The van der Waals surface area contributed by atoms with E-state index in [4.69, 9.17) is 7.85 Å². The van der Waals surface area contributed by atoms with E-state index in [0.29, 0.717) is 43.4 Å². The van der Waals surface area contributed by atoms with Crippen molar-refractivity contribution in [2.45, 2.75) is 37.6 Å². The number of likely N-dealkylation sites (tertiary alicyclic amines) is 1. The van der Waals surface area contributed by atoms with Crippen LogP contribution in [0.25, 0.3) is 0 Å². The maximum absolute atomic E-state index is 12.6. The Bertz CT molecular complexity index is 1020. The van der Waals surface area contributed by atoms with E-state index < -0.39 is 6.36 Å². The van der Waals surface area contributed by atoms with Gasteiger partial charge in [0.05, 0.1) is 0 Å². The zero-order chi connectivity index (χ0) is 22.2. The second-order valence-electron chi connectivity index (χ2n) is 7.95. The molecule has 1 heterocycles. The van der Waals surface area contributed by atoms with Gasteiger partial charge in [-0.15, -0.1) is 13.2 Å². The third-order valence-electron chi connectivity index (χ3n) is 6.06. The highest BCUT2D eigenvalue weighted by Gasteiger charge is 2.46. The van der Waals surface area contributed by atoms with E-state index in [2.05, 4.69) is 10.1 Å². The number of rotatable bonds is 3. The Kier molecular flexibility index (Phi) is 5.45. The molecule has 2 radical (unpaired) electrons. The van der Waals surface area contributed by atoms with Crippen LogP contribution in [0.3, 0.4) is 0 Å². The lowest BCUT2D eigenvalue weighted by Gasteiger charge is -2.40. The lowest BCUT2D eigenvalue weighted by atomic mass is 9.69. The summed E-state index contributed by atoms with van der Waals surface area (Å²) in [7, 11) is 6.17. The molecule has 160 valence electrons. The largest absolute Gasteiger partial charge is 0.573 e. The number of fused-ring (bicyclic) bond motifs is 2. The third-order valence-corrected chi connectivity index (χ3v) is 6.06. The molecule has 4 rings (SSSR count). The molecule has 2 aromatic carbocycles. The second-order valence-corrected chi connectivity index (χ2v) is 7.95. The van der Waals surface area contributed by atoms with E-state index in [1.54, 1.807) is 29.2 Å². The summed E-state index contributed by atoms with van der Waals surface area (Å²) in [6.07, 6.45) is -3.23. The molecule has 1 saturated heterocycles. The van der Waals surface area contributed by atoms with Gasteiger partial charge in [0.15, 0.2) is 5.78 Å². The molecule has 1 fully saturated rings. The van der Waals surface area contributed by atoms with Crippen LogP contribution in [0.4, 0.5) is 18.0 Å². The molecule has 0 unspecified atom stereocenters. The maximum atomic E-state index is 12.6. The van der Waals surface area contributed by atoms with Crippen molar-refractivity contribution in [1.29, 1.82) is 0 Å². The molecule has 0 bridgehead atoms. The minimum atomic E-state index is -4.81. The van der Waals surface area contributed by atoms with Crippen molar-refractivity contribution in [2.24, 2.45) is 0 Å². The van der Waals surface area contributed by atoms with Gasteiger partial charge in [-0.3, -0.25) is 4.79 Å². The number of amides is 2. The fourth-order valence-corrected chi connectivity index (χ4v) is 4.61. The number of hydrogen-bond donors (Lipinski definition) is 1. The molecule has 1 aliphatic carbocycles. The van der Waals surface area contributed by atoms with E-state index >= 15 is 0 Å². The normalized spacial score (nSPS) is 17.5. The predicted molar refractivity (Wildman–Crippen MR) is 109 cm³/mol. The number of ketones is 1. The van der Waals surface area contributed by atoms with Gasteiger partial charge in [0.2, 0.25) is 0 Å². The third kappa shape index (κ3) is 4.26. The van der Waals surface area contributed by atoms with Crippen molar-refractivity contribution in [1.82, 2.24) is 10.2 Å². The fraction of sp³-hybridized carbons (Fsp3) is 0.364. The number of ether oxygens (including phenoxy) is 1. The predicted octanol–water partition coefficient (Wildman–Crippen LogP) is 3.21. The van der Waals surface area contributed by atoms with Gasteiger partial charge in [0.1, 0.15) is 13.6 Å². The molecule has 1 N–H and O–H groups in total. The van der Waals surface area contributed by atoms with Crippen molar-refractivity contribution in [3.63, 3.8) is 0 Å². The number of nitrogens with one attached hydrogen (secondary N) is 1. The molecule has 2 aromatic rings. The number of benzene rings is 2. The maximum Gasteiger partial charge on any atom is 0.573 e. The summed E-state index contributed by atoms with van der Waals surface area (Å²) in [6.45, 7) is 0.752. The van der Waals surface area contributed by atoms with Crippen LogP contribution in [0.15, 0.2) is 42.5 Å². The summed E-state index contributed by atoms with van der Waals surface area (Å²) in [6, 6.07) is 10.7. The number of nitrogens with zero attached hydrogens (tertiary/aromatic N) is 1. The summed E-state index contributed by atoms with van der Waals surface area (Å²) in [5.41, 5.74) is 2.02. The minimum absolute atomic E-state index is 0.0708. The van der Waals surface area contributed by atoms with Gasteiger partial charge in [-0.2, -0.15) is 0 Å². The van der Waals surface area contributed by atoms with E-state index in [1.807, 2.05) is 0 Å². The lowest BCUT2D eigenvalue weighted by molar-refractivity contribution is -0.274. The second kappa shape index (κ2) is 7.94. The van der Waals surface area contributed by atoms with Crippen LogP contribution >= 0.6 is 0 Å². The number of alkyl halides is 3. The molecule has 1 spiro atoms. The summed E-state index contributed by atoms with van der Waals surface area (Å²) in [4.78, 5) is 26.7. The highest BCUT2D eigenvalue weighted by molar-refractivity contribution is 6.34. The van der Waals surface area contributed by atoms with Crippen LogP contribution < -0.4 is 15.5 Å². The molecule has 0 atom stereocenters. The smallest absolute Gasteiger partial charge is 0.405 e. The van der Waals surface area contributed by atoms with E-state index in [0.717, 1.165) is 5.56 Å². The quantitative estimate of drug-likeness (QED) is 0.765. The van der Waals surface area contributed by atoms with Crippen LogP contribution in [0.1, 0.15) is 40.7 Å². The van der Waals surface area contributed by atoms with E-state index in [-0.39, 0.29) is 35.1 Å². The summed E-state index contributed by atoms with van der Waals surface area (Å²) >= 11 is 0. The Morgan fingerprint density at radius 1 is 1.13 bits per heavy atom. The van der Waals surface area contributed by atoms with Crippen LogP contribution in [-0.4, -0.2) is 44.0 Å². The molecule has 1 aliphatic heterocycles. The summed E-state index contributed by atoms with van der Waals surface area (Å²) in [5, 5.41) is 2.66. The molecular formula is C22H20BF3N2O3. The minimum Gasteiger partial charge on any atom is -0.405 e. The number of carbonyl (C=O) groups excluding carboxylic acids is 2. The van der Waals surface area contributed by atoms with Gasteiger partial charge in [-0.25, -0.2) is 4.79 Å². The lowest BCUT2D eigenvalue weighted by Crippen LogP contribution is -2.49. The number of hydrogen-bond acceptors (Lipinski definition) is 3. The van der Waals surface area contributed by atoms with Gasteiger partial charge < -0.3 is 15.0 Å². The van der Waals surface area contributed by atoms with Gasteiger partial charge >= 0.3 is 12.4 Å². The van der Waals surface area contributed by atoms with Gasteiger partial charge in [0.25, 0.3) is 0 Å². The SMILES string of the molecule is [B]c1cccc2c1C1(CCN(C(=O)NCc3ccccc3OC(F)(F)F)CC1)CC2=O. The molecule has 0 saturated carbocycles. The van der Waals surface area contributed by atoms with Gasteiger partial charge in [0, 0.05) is 42.6 Å². The molecule has 0 aromatic heterocycles. The first-order chi connectivity index (χ1) is 14.7. The zero-order valence-electron chi connectivity index (χ0n) is 16.7. The molecule has 31 heavy (non-hydrogen) atoms. The number of para-hydroxylation sites is 1. The molecule has 5 nitrogen and oxygen atoms in total. The Hall–Kier alpha value is -2.97. The Morgan fingerprint density at radius 2 is 1.84 bits per heavy atom. The fourth-order valence-electron chi connectivity index (χ4n) is 4.61.